The van der Waals surface area contributed by atoms with Crippen LogP contribution in [0.3, 0.4) is 0 Å². The topological polar surface area (TPSA) is 89.8 Å². The van der Waals surface area contributed by atoms with Crippen LogP contribution in [0.25, 0.3) is 10.2 Å². The Hall–Kier alpha value is -3.27. The van der Waals surface area contributed by atoms with Crippen molar-refractivity contribution in [2.45, 2.75) is 25.3 Å². The van der Waals surface area contributed by atoms with Gasteiger partial charge in [0.25, 0.3) is 15.9 Å². The molecule has 4 rings (SSSR count). The maximum Gasteiger partial charge on any atom is 0.279 e. The number of amides is 1. The van der Waals surface area contributed by atoms with Crippen molar-refractivity contribution in [2.75, 3.05) is 18.4 Å². The molecule has 0 atom stereocenters. The molecule has 7 nitrogen and oxygen atoms in total. The molecule has 0 radical (unpaired) electrons. The van der Waals surface area contributed by atoms with E-state index in [1.807, 2.05) is 18.4 Å². The van der Waals surface area contributed by atoms with Gasteiger partial charge < -0.3 is 9.30 Å². The molecule has 1 aromatic heterocycles. The molecule has 0 aliphatic heterocycles. The third-order valence-electron chi connectivity index (χ3n) is 5.27. The Morgan fingerprint density at radius 1 is 1.06 bits per heavy atom. The van der Waals surface area contributed by atoms with Crippen LogP contribution in [0, 0.1) is 13.8 Å². The highest BCUT2D eigenvalue weighted by atomic mass is 32.2. The number of fused-ring (bicyclic) bond motifs is 1. The van der Waals surface area contributed by atoms with Crippen LogP contribution in [-0.4, -0.2) is 32.6 Å². The molecule has 0 aliphatic rings. The predicted octanol–water partition coefficient (Wildman–Crippen LogP) is 4.51. The normalized spacial score (nSPS) is 12.3. The van der Waals surface area contributed by atoms with Gasteiger partial charge >= 0.3 is 0 Å². The molecule has 34 heavy (non-hydrogen) atoms. The van der Waals surface area contributed by atoms with Gasteiger partial charge in [0.05, 0.1) is 21.7 Å². The molecule has 4 aromatic rings. The Bertz CT molecular complexity index is 1500. The minimum absolute atomic E-state index is 0.168. The van der Waals surface area contributed by atoms with Gasteiger partial charge in [-0.25, -0.2) is 8.42 Å². The van der Waals surface area contributed by atoms with E-state index in [1.165, 1.54) is 23.5 Å². The second-order valence-electron chi connectivity index (χ2n) is 7.87. The summed E-state index contributed by atoms with van der Waals surface area (Å²) in [5.41, 5.74) is 4.03. The summed E-state index contributed by atoms with van der Waals surface area (Å²) in [5.74, 6) is -0.399. The molecular formula is C25H25N3O4S2. The maximum absolute atomic E-state index is 12.9. The summed E-state index contributed by atoms with van der Waals surface area (Å²) >= 11 is 1.47. The van der Waals surface area contributed by atoms with E-state index < -0.39 is 15.9 Å². The van der Waals surface area contributed by atoms with Gasteiger partial charge in [0.1, 0.15) is 0 Å². The number of carbonyl (C=O) groups is 1. The average molecular weight is 496 g/mol. The number of aromatic nitrogens is 1. The molecule has 176 valence electrons. The molecule has 0 spiro atoms. The van der Waals surface area contributed by atoms with Crippen molar-refractivity contribution in [1.29, 1.82) is 0 Å². The van der Waals surface area contributed by atoms with Gasteiger partial charge in [0, 0.05) is 24.9 Å². The van der Waals surface area contributed by atoms with Gasteiger partial charge in [0.15, 0.2) is 4.80 Å². The third kappa shape index (κ3) is 5.11. The SMILES string of the molecule is COCCn1c(=NC(=O)c2ccc(NS(=O)(=O)c3ccccc3)cc2)sc2c(C)cc(C)cc21. The number of methoxy groups -OCH3 is 1. The smallest absolute Gasteiger partial charge is 0.279 e. The van der Waals surface area contributed by atoms with Gasteiger partial charge in [-0.1, -0.05) is 35.6 Å². The van der Waals surface area contributed by atoms with Crippen LogP contribution in [0.4, 0.5) is 5.69 Å². The summed E-state index contributed by atoms with van der Waals surface area (Å²) < 4.78 is 35.9. The lowest BCUT2D eigenvalue weighted by Crippen LogP contribution is -2.19. The van der Waals surface area contributed by atoms with E-state index in [4.69, 9.17) is 4.74 Å². The molecule has 1 N–H and O–H groups in total. The standard InChI is InChI=1S/C25H25N3O4S2/c1-17-15-18(2)23-22(16-17)28(13-14-32-3)25(33-23)26-24(29)19-9-11-20(12-10-19)27-34(30,31)21-7-5-4-6-8-21/h4-12,15-16,27H,13-14H2,1-3H3. The lowest BCUT2D eigenvalue weighted by molar-refractivity contribution is 0.0997. The summed E-state index contributed by atoms with van der Waals surface area (Å²) in [6.45, 7) is 5.16. The zero-order valence-corrected chi connectivity index (χ0v) is 20.7. The Morgan fingerprint density at radius 3 is 2.44 bits per heavy atom. The van der Waals surface area contributed by atoms with Crippen LogP contribution >= 0.6 is 11.3 Å². The van der Waals surface area contributed by atoms with Crippen molar-refractivity contribution in [3.05, 3.63) is 88.2 Å². The second-order valence-corrected chi connectivity index (χ2v) is 10.5. The number of nitrogens with one attached hydrogen (secondary N) is 1. The molecule has 0 fully saturated rings. The van der Waals surface area contributed by atoms with Gasteiger partial charge in [-0.3, -0.25) is 9.52 Å². The van der Waals surface area contributed by atoms with E-state index in [-0.39, 0.29) is 4.90 Å². The first-order valence-corrected chi connectivity index (χ1v) is 12.9. The number of thiazole rings is 1. The lowest BCUT2D eigenvalue weighted by atomic mass is 10.1. The third-order valence-corrected chi connectivity index (χ3v) is 7.89. The van der Waals surface area contributed by atoms with Crippen LogP contribution in [-0.2, 0) is 21.3 Å². The first-order chi connectivity index (χ1) is 16.3. The molecule has 0 saturated carbocycles. The fraction of sp³-hybridized carbons (Fsp3) is 0.200. The number of nitrogens with zero attached hydrogens (tertiary/aromatic N) is 2. The first kappa shape index (κ1) is 23.9. The molecule has 1 heterocycles. The number of rotatable bonds is 7. The summed E-state index contributed by atoms with van der Waals surface area (Å²) in [7, 11) is -2.06. The van der Waals surface area contributed by atoms with Crippen molar-refractivity contribution in [3.8, 4) is 0 Å². The highest BCUT2D eigenvalue weighted by molar-refractivity contribution is 7.92. The quantitative estimate of drug-likeness (QED) is 0.409. The Kier molecular flexibility index (Phi) is 6.97. The highest BCUT2D eigenvalue weighted by Crippen LogP contribution is 2.24. The van der Waals surface area contributed by atoms with Crippen molar-refractivity contribution in [3.63, 3.8) is 0 Å². The summed E-state index contributed by atoms with van der Waals surface area (Å²) in [4.78, 5) is 18.1. The monoisotopic (exact) mass is 495 g/mol. The number of ether oxygens (including phenoxy) is 1. The second kappa shape index (κ2) is 9.92. The predicted molar refractivity (Wildman–Crippen MR) is 135 cm³/mol. The zero-order chi connectivity index (χ0) is 24.3. The Labute approximate surface area is 202 Å². The fourth-order valence-corrected chi connectivity index (χ4v) is 5.83. The number of hydrogen-bond acceptors (Lipinski definition) is 5. The van der Waals surface area contributed by atoms with Crippen LogP contribution in [0.15, 0.2) is 76.6 Å². The zero-order valence-electron chi connectivity index (χ0n) is 19.1. The highest BCUT2D eigenvalue weighted by Gasteiger charge is 2.15. The number of sulfonamides is 1. The first-order valence-electron chi connectivity index (χ1n) is 10.6. The van der Waals surface area contributed by atoms with Gasteiger partial charge in [-0.05, 0) is 67.4 Å². The molecule has 0 bridgehead atoms. The molecular weight excluding hydrogens is 470 g/mol. The molecule has 3 aromatic carbocycles. The van der Waals surface area contributed by atoms with E-state index >= 15 is 0 Å². The van der Waals surface area contributed by atoms with Crippen molar-refractivity contribution < 1.29 is 17.9 Å². The van der Waals surface area contributed by atoms with Crippen LogP contribution < -0.4 is 9.52 Å². The summed E-state index contributed by atoms with van der Waals surface area (Å²) in [6, 6.07) is 18.6. The van der Waals surface area contributed by atoms with Crippen molar-refractivity contribution in [2.24, 2.45) is 4.99 Å². The van der Waals surface area contributed by atoms with Gasteiger partial charge in [0.2, 0.25) is 0 Å². The number of hydrogen-bond donors (Lipinski definition) is 1. The largest absolute Gasteiger partial charge is 0.383 e. The molecule has 0 aliphatic carbocycles. The van der Waals surface area contributed by atoms with Crippen LogP contribution in [0.5, 0.6) is 0 Å². The minimum Gasteiger partial charge on any atom is -0.383 e. The van der Waals surface area contributed by atoms with E-state index in [9.17, 15) is 13.2 Å². The van der Waals surface area contributed by atoms with Crippen molar-refractivity contribution >= 4 is 43.2 Å². The van der Waals surface area contributed by atoms with E-state index in [2.05, 4.69) is 21.8 Å². The van der Waals surface area contributed by atoms with Gasteiger partial charge in [-0.2, -0.15) is 4.99 Å². The van der Waals surface area contributed by atoms with E-state index in [0.29, 0.717) is 29.2 Å². The van der Waals surface area contributed by atoms with Crippen LogP contribution in [0.1, 0.15) is 21.5 Å². The number of anilines is 1. The fourth-order valence-electron chi connectivity index (χ4n) is 3.64. The minimum atomic E-state index is -3.70. The Morgan fingerprint density at radius 2 is 1.76 bits per heavy atom. The van der Waals surface area contributed by atoms with E-state index in [1.54, 1.807) is 49.6 Å². The number of aryl methyl sites for hydroxylation is 2. The Balaban J connectivity index is 1.64. The molecule has 0 saturated heterocycles. The molecule has 1 amide bonds. The van der Waals surface area contributed by atoms with Crippen molar-refractivity contribution in [1.82, 2.24) is 4.57 Å². The number of carbonyl (C=O) groups excluding carboxylic acids is 1. The molecule has 0 unspecified atom stereocenters. The average Bonchev–Trinajstić information content (AvgIpc) is 3.15. The van der Waals surface area contributed by atoms with E-state index in [0.717, 1.165) is 21.3 Å². The van der Waals surface area contributed by atoms with Crippen LogP contribution in [0.2, 0.25) is 0 Å². The maximum atomic E-state index is 12.9. The summed E-state index contributed by atoms with van der Waals surface area (Å²) in [5, 5.41) is 0. The number of benzene rings is 3. The molecule has 9 heteroatoms. The summed E-state index contributed by atoms with van der Waals surface area (Å²) in [6.07, 6.45) is 0. The lowest BCUT2D eigenvalue weighted by Gasteiger charge is -2.08. The van der Waals surface area contributed by atoms with Gasteiger partial charge in [-0.15, -0.1) is 0 Å².